The second kappa shape index (κ2) is 3.70. The van der Waals surface area contributed by atoms with Gasteiger partial charge in [-0.1, -0.05) is 13.8 Å². The van der Waals surface area contributed by atoms with E-state index >= 15 is 0 Å². The maximum atomic E-state index is 10.8. The van der Waals surface area contributed by atoms with E-state index in [1.54, 1.807) is 0 Å². The van der Waals surface area contributed by atoms with E-state index in [-0.39, 0.29) is 46.8 Å². The van der Waals surface area contributed by atoms with Gasteiger partial charge in [-0.05, 0) is 5.41 Å². The van der Waals surface area contributed by atoms with Crippen molar-refractivity contribution in [2.24, 2.45) is 5.41 Å². The van der Waals surface area contributed by atoms with Gasteiger partial charge in [0.25, 0.3) is 0 Å². The smallest absolute Gasteiger partial charge is 0.296 e. The Hall–Kier alpha value is 0.140. The van der Waals surface area contributed by atoms with Crippen LogP contribution in [0.4, 0.5) is 0 Å². The monoisotopic (exact) mass is 164 g/mol. The largest absolute Gasteiger partial charge is 1.00 e. The van der Waals surface area contributed by atoms with Gasteiger partial charge in [0.1, 0.15) is 0 Å². The third-order valence-corrected chi connectivity index (χ3v) is 1.56. The number of rotatable bonds is 0. The van der Waals surface area contributed by atoms with Gasteiger partial charge in [-0.2, -0.15) is 0 Å². The summed E-state index contributed by atoms with van der Waals surface area (Å²) < 4.78 is 0. The van der Waals surface area contributed by atoms with Crippen LogP contribution < -0.4 is 34.9 Å². The van der Waals surface area contributed by atoms with Crippen molar-refractivity contribution < 1.29 is 39.1 Å². The van der Waals surface area contributed by atoms with Crippen LogP contribution in [0.1, 0.15) is 26.7 Å². The summed E-state index contributed by atoms with van der Waals surface area (Å²) in [5.74, 6) is -0.303. The Morgan fingerprint density at radius 2 is 1.55 bits per heavy atom. The van der Waals surface area contributed by atoms with E-state index in [1.807, 2.05) is 13.8 Å². The molecule has 1 fully saturated rings. The second-order valence-corrected chi connectivity index (χ2v) is 3.49. The number of hydrogen-bond donors (Lipinski definition) is 1. The first-order chi connectivity index (χ1) is 4.49. The van der Waals surface area contributed by atoms with E-state index in [9.17, 15) is 9.59 Å². The molecule has 1 heterocycles. The Morgan fingerprint density at radius 3 is 1.82 bits per heavy atom. The quantitative estimate of drug-likeness (QED) is 0.316. The van der Waals surface area contributed by atoms with Crippen LogP contribution >= 0.6 is 0 Å². The molecule has 1 rings (SSSR count). The molecule has 2 amide bonds. The van der Waals surface area contributed by atoms with Crippen LogP contribution in [0.5, 0.6) is 0 Å². The molecular weight excluding hydrogens is 153 g/mol. The third-order valence-electron chi connectivity index (χ3n) is 1.56. The van der Waals surface area contributed by atoms with Crippen molar-refractivity contribution in [1.29, 1.82) is 0 Å². The van der Waals surface area contributed by atoms with Crippen molar-refractivity contribution in [2.45, 2.75) is 26.7 Å². The van der Waals surface area contributed by atoms with Crippen LogP contribution in [0.25, 0.3) is 0 Å². The number of nitrogens with one attached hydrogen (secondary N) is 1. The zero-order valence-corrected chi connectivity index (χ0v) is 9.23. The summed E-state index contributed by atoms with van der Waals surface area (Å²) in [7, 11) is 0. The number of carbonyl (C=O) groups excluding carboxylic acids is 2. The van der Waals surface area contributed by atoms with Crippen LogP contribution in [0.2, 0.25) is 0 Å². The van der Waals surface area contributed by atoms with Crippen molar-refractivity contribution in [2.75, 3.05) is 0 Å². The molecule has 1 aliphatic rings. The summed E-state index contributed by atoms with van der Waals surface area (Å²) in [5.41, 5.74) is -0.139. The standard InChI is InChI=1S/C7H11NO2.Na/c1-7(2)3-5(9)8-6(10)4-7;/h3-4H2,1-2H3,(H,8,9,10);/q;+1. The van der Waals surface area contributed by atoms with Gasteiger partial charge < -0.3 is 0 Å². The fourth-order valence-corrected chi connectivity index (χ4v) is 1.18. The van der Waals surface area contributed by atoms with Crippen LogP contribution in [-0.4, -0.2) is 11.8 Å². The third kappa shape index (κ3) is 3.36. The van der Waals surface area contributed by atoms with Gasteiger partial charge >= 0.3 is 29.6 Å². The van der Waals surface area contributed by atoms with Gasteiger partial charge in [0.2, 0.25) is 11.8 Å². The molecule has 0 spiro atoms. The van der Waals surface area contributed by atoms with E-state index in [1.165, 1.54) is 0 Å². The summed E-state index contributed by atoms with van der Waals surface area (Å²) in [6.45, 7) is 3.84. The Labute approximate surface area is 88.2 Å². The fraction of sp³-hybridized carbons (Fsp3) is 0.714. The molecule has 0 aliphatic carbocycles. The van der Waals surface area contributed by atoms with Crippen LogP contribution in [0.15, 0.2) is 0 Å². The van der Waals surface area contributed by atoms with Crippen LogP contribution in [0.3, 0.4) is 0 Å². The molecule has 0 atom stereocenters. The van der Waals surface area contributed by atoms with Crippen molar-refractivity contribution in [3.8, 4) is 0 Å². The maximum absolute atomic E-state index is 10.8. The Kier molecular flexibility index (Phi) is 3.74. The van der Waals surface area contributed by atoms with Gasteiger partial charge in [0.15, 0.2) is 0 Å². The van der Waals surface area contributed by atoms with Crippen molar-refractivity contribution in [3.05, 3.63) is 0 Å². The minimum atomic E-state index is -0.152. The molecule has 56 valence electrons. The molecule has 0 aromatic rings. The van der Waals surface area contributed by atoms with Gasteiger partial charge in [0, 0.05) is 12.8 Å². The molecule has 1 N–H and O–H groups in total. The molecule has 0 radical (unpaired) electrons. The molecule has 0 aromatic carbocycles. The molecule has 0 saturated carbocycles. The zero-order chi connectivity index (χ0) is 7.78. The Balaban J connectivity index is 0.000001000. The Morgan fingerprint density at radius 1 is 1.18 bits per heavy atom. The van der Waals surface area contributed by atoms with Crippen molar-refractivity contribution >= 4 is 11.8 Å². The topological polar surface area (TPSA) is 46.2 Å². The summed E-state index contributed by atoms with van der Waals surface area (Å²) >= 11 is 0. The summed E-state index contributed by atoms with van der Waals surface area (Å²) in [6, 6.07) is 0. The van der Waals surface area contributed by atoms with Gasteiger partial charge in [-0.15, -0.1) is 0 Å². The van der Waals surface area contributed by atoms with E-state index in [0.717, 1.165) is 0 Å². The fourth-order valence-electron chi connectivity index (χ4n) is 1.18. The molecule has 3 nitrogen and oxygen atoms in total. The average molecular weight is 164 g/mol. The Bertz CT molecular complexity index is 171. The zero-order valence-electron chi connectivity index (χ0n) is 7.23. The van der Waals surface area contributed by atoms with E-state index in [2.05, 4.69) is 5.32 Å². The minimum absolute atomic E-state index is 0. The molecule has 0 bridgehead atoms. The first kappa shape index (κ1) is 11.1. The molecule has 11 heavy (non-hydrogen) atoms. The predicted octanol–water partition coefficient (Wildman–Crippen LogP) is -2.55. The first-order valence-corrected chi connectivity index (χ1v) is 3.32. The summed E-state index contributed by atoms with van der Waals surface area (Å²) in [6.07, 6.45) is 0.914. The average Bonchev–Trinajstić information content (AvgIpc) is 1.54. The van der Waals surface area contributed by atoms with Crippen molar-refractivity contribution in [3.63, 3.8) is 0 Å². The van der Waals surface area contributed by atoms with E-state index in [0.29, 0.717) is 12.8 Å². The summed E-state index contributed by atoms with van der Waals surface area (Å²) in [5, 5.41) is 2.26. The molecule has 1 aliphatic heterocycles. The van der Waals surface area contributed by atoms with Gasteiger partial charge in [0.05, 0.1) is 0 Å². The number of imide groups is 1. The van der Waals surface area contributed by atoms with E-state index in [4.69, 9.17) is 0 Å². The molecule has 0 aromatic heterocycles. The maximum Gasteiger partial charge on any atom is 1.00 e. The normalized spacial score (nSPS) is 22.0. The van der Waals surface area contributed by atoms with Crippen LogP contribution in [0, 0.1) is 5.41 Å². The van der Waals surface area contributed by atoms with Gasteiger partial charge in [-0.3, -0.25) is 14.9 Å². The molecular formula is C7H11NNaO2+. The minimum Gasteiger partial charge on any atom is -0.296 e. The number of carbonyl (C=O) groups is 2. The summed E-state index contributed by atoms with van der Waals surface area (Å²) in [4.78, 5) is 21.5. The number of piperidine rings is 1. The molecule has 0 unspecified atom stereocenters. The number of amides is 2. The van der Waals surface area contributed by atoms with Crippen LogP contribution in [-0.2, 0) is 9.59 Å². The SMILES string of the molecule is CC1(C)CC(=O)NC(=O)C1.[Na+]. The predicted molar refractivity (Wildman–Crippen MR) is 36.2 cm³/mol. The van der Waals surface area contributed by atoms with Crippen molar-refractivity contribution in [1.82, 2.24) is 5.32 Å². The van der Waals surface area contributed by atoms with Gasteiger partial charge in [-0.25, -0.2) is 0 Å². The first-order valence-electron chi connectivity index (χ1n) is 3.32. The second-order valence-electron chi connectivity index (χ2n) is 3.49. The number of hydrogen-bond acceptors (Lipinski definition) is 2. The molecule has 4 heteroatoms. The van der Waals surface area contributed by atoms with E-state index < -0.39 is 0 Å². The molecule has 1 saturated heterocycles.